The maximum absolute atomic E-state index is 6.05. The van der Waals surface area contributed by atoms with Gasteiger partial charge in [-0.05, 0) is 34.1 Å². The molecule has 5 heteroatoms. The third-order valence-electron chi connectivity index (χ3n) is 1.99. The van der Waals surface area contributed by atoms with Gasteiger partial charge in [0.1, 0.15) is 0 Å². The molecule has 0 spiro atoms. The monoisotopic (exact) mass is 316 g/mol. The highest BCUT2D eigenvalue weighted by molar-refractivity contribution is 9.10. The van der Waals surface area contributed by atoms with E-state index in [1.54, 1.807) is 30.6 Å². The van der Waals surface area contributed by atoms with Crippen molar-refractivity contribution in [1.82, 2.24) is 4.98 Å². The Balaban J connectivity index is 2.38. The van der Waals surface area contributed by atoms with Crippen LogP contribution in [0.4, 0.5) is 11.4 Å². The van der Waals surface area contributed by atoms with Gasteiger partial charge in [-0.25, -0.2) is 0 Å². The average molecular weight is 318 g/mol. The Hall–Kier alpha value is -0.770. The first-order valence-electron chi connectivity index (χ1n) is 4.49. The summed E-state index contributed by atoms with van der Waals surface area (Å²) in [5.41, 5.74) is 1.56. The molecular weight excluding hydrogens is 311 g/mol. The lowest BCUT2D eigenvalue weighted by molar-refractivity contribution is 1.30. The minimum atomic E-state index is 0.580. The van der Waals surface area contributed by atoms with Crippen LogP contribution in [0.1, 0.15) is 0 Å². The molecule has 0 fully saturated rings. The number of para-hydroxylation sites is 1. The van der Waals surface area contributed by atoms with Crippen LogP contribution in [0.3, 0.4) is 0 Å². The van der Waals surface area contributed by atoms with Gasteiger partial charge in [0, 0.05) is 12.4 Å². The number of pyridine rings is 1. The molecule has 2 rings (SSSR count). The molecule has 0 amide bonds. The summed E-state index contributed by atoms with van der Waals surface area (Å²) < 4.78 is 0.853. The van der Waals surface area contributed by atoms with Gasteiger partial charge in [0.25, 0.3) is 0 Å². The number of benzene rings is 1. The molecule has 1 heterocycles. The highest BCUT2D eigenvalue weighted by Crippen LogP contribution is 2.34. The van der Waals surface area contributed by atoms with E-state index >= 15 is 0 Å². The summed E-state index contributed by atoms with van der Waals surface area (Å²) in [6.45, 7) is 0. The van der Waals surface area contributed by atoms with Crippen LogP contribution in [0, 0.1) is 0 Å². The van der Waals surface area contributed by atoms with Crippen LogP contribution in [0.25, 0.3) is 0 Å². The third kappa shape index (κ3) is 2.48. The van der Waals surface area contributed by atoms with Crippen LogP contribution in [0.5, 0.6) is 0 Å². The summed E-state index contributed by atoms with van der Waals surface area (Å²) in [6.07, 6.45) is 3.39. The number of anilines is 2. The third-order valence-corrected chi connectivity index (χ3v) is 3.26. The Morgan fingerprint density at radius 3 is 2.44 bits per heavy atom. The second-order valence-corrected chi connectivity index (χ2v) is 4.75. The number of hydrogen-bond donors (Lipinski definition) is 1. The summed E-state index contributed by atoms with van der Waals surface area (Å²) in [5.74, 6) is 0. The molecule has 0 atom stereocenters. The number of halogens is 3. The van der Waals surface area contributed by atoms with Gasteiger partial charge in [0.2, 0.25) is 0 Å². The predicted molar refractivity (Wildman–Crippen MR) is 71.7 cm³/mol. The van der Waals surface area contributed by atoms with E-state index in [1.807, 2.05) is 6.07 Å². The van der Waals surface area contributed by atoms with E-state index in [2.05, 4.69) is 26.2 Å². The topological polar surface area (TPSA) is 24.9 Å². The largest absolute Gasteiger partial charge is 0.352 e. The summed E-state index contributed by atoms with van der Waals surface area (Å²) in [6, 6.07) is 7.21. The van der Waals surface area contributed by atoms with Crippen LogP contribution < -0.4 is 5.32 Å². The zero-order valence-corrected chi connectivity index (χ0v) is 11.1. The SMILES string of the molecule is Clc1cccc(Cl)c1Nc1ccncc1Br. The molecule has 82 valence electrons. The molecule has 16 heavy (non-hydrogen) atoms. The highest BCUT2D eigenvalue weighted by atomic mass is 79.9. The molecule has 0 saturated heterocycles. The maximum Gasteiger partial charge on any atom is 0.0763 e. The van der Waals surface area contributed by atoms with Crippen molar-refractivity contribution < 1.29 is 0 Å². The minimum absolute atomic E-state index is 0.580. The van der Waals surface area contributed by atoms with Crippen molar-refractivity contribution in [2.45, 2.75) is 0 Å². The number of aromatic nitrogens is 1. The van der Waals surface area contributed by atoms with E-state index in [0.29, 0.717) is 15.7 Å². The Morgan fingerprint density at radius 1 is 1.12 bits per heavy atom. The Bertz CT molecular complexity index is 497. The Morgan fingerprint density at radius 2 is 1.81 bits per heavy atom. The summed E-state index contributed by atoms with van der Waals surface area (Å²) >= 11 is 15.5. The Labute approximate surface area is 112 Å². The molecule has 1 N–H and O–H groups in total. The van der Waals surface area contributed by atoms with Gasteiger partial charge in [-0.2, -0.15) is 0 Å². The zero-order chi connectivity index (χ0) is 11.5. The molecule has 0 saturated carbocycles. The first kappa shape index (κ1) is 11.7. The van der Waals surface area contributed by atoms with Crippen molar-refractivity contribution in [2.75, 3.05) is 5.32 Å². The molecule has 1 aromatic carbocycles. The lowest BCUT2D eigenvalue weighted by atomic mass is 10.3. The quantitative estimate of drug-likeness (QED) is 0.852. The molecule has 2 aromatic rings. The van der Waals surface area contributed by atoms with Crippen molar-refractivity contribution >= 4 is 50.5 Å². The van der Waals surface area contributed by atoms with Crippen molar-refractivity contribution in [1.29, 1.82) is 0 Å². The molecule has 0 unspecified atom stereocenters. The number of hydrogen-bond acceptors (Lipinski definition) is 2. The highest BCUT2D eigenvalue weighted by Gasteiger charge is 2.07. The van der Waals surface area contributed by atoms with Crippen LogP contribution in [-0.2, 0) is 0 Å². The standard InChI is InChI=1S/C11H7BrCl2N2/c12-7-6-15-5-4-10(7)16-11-8(13)2-1-3-9(11)14/h1-6H,(H,15,16). The van der Waals surface area contributed by atoms with Crippen LogP contribution in [0.2, 0.25) is 10.0 Å². The first-order chi connectivity index (χ1) is 7.68. The van der Waals surface area contributed by atoms with E-state index < -0.39 is 0 Å². The zero-order valence-electron chi connectivity index (χ0n) is 8.05. The second kappa shape index (κ2) is 5.04. The van der Waals surface area contributed by atoms with Crippen LogP contribution >= 0.6 is 39.1 Å². The fraction of sp³-hybridized carbons (Fsp3) is 0. The van der Waals surface area contributed by atoms with E-state index in [1.165, 1.54) is 0 Å². The van der Waals surface area contributed by atoms with Gasteiger partial charge in [-0.15, -0.1) is 0 Å². The fourth-order valence-electron chi connectivity index (χ4n) is 1.23. The van der Waals surface area contributed by atoms with Crippen molar-refractivity contribution in [3.05, 3.63) is 51.2 Å². The predicted octanol–water partition coefficient (Wildman–Crippen LogP) is 4.89. The molecule has 2 nitrogen and oxygen atoms in total. The maximum atomic E-state index is 6.05. The van der Waals surface area contributed by atoms with Crippen molar-refractivity contribution in [2.24, 2.45) is 0 Å². The smallest absolute Gasteiger partial charge is 0.0763 e. The number of nitrogens with zero attached hydrogens (tertiary/aromatic N) is 1. The number of nitrogens with one attached hydrogen (secondary N) is 1. The van der Waals surface area contributed by atoms with E-state index in [4.69, 9.17) is 23.2 Å². The molecule has 0 aliphatic carbocycles. The summed E-state index contributed by atoms with van der Waals surface area (Å²) in [7, 11) is 0. The van der Waals surface area contributed by atoms with E-state index in [0.717, 1.165) is 10.2 Å². The van der Waals surface area contributed by atoms with Crippen LogP contribution in [-0.4, -0.2) is 4.98 Å². The molecular formula is C11H7BrCl2N2. The lowest BCUT2D eigenvalue weighted by Crippen LogP contribution is -1.93. The first-order valence-corrected chi connectivity index (χ1v) is 6.04. The average Bonchev–Trinajstić information content (AvgIpc) is 2.26. The second-order valence-electron chi connectivity index (χ2n) is 3.08. The minimum Gasteiger partial charge on any atom is -0.352 e. The van der Waals surface area contributed by atoms with Gasteiger partial charge in [0.15, 0.2) is 0 Å². The molecule has 0 radical (unpaired) electrons. The molecule has 0 aliphatic heterocycles. The van der Waals surface area contributed by atoms with Gasteiger partial charge in [-0.1, -0.05) is 29.3 Å². The Kier molecular flexibility index (Phi) is 3.69. The van der Waals surface area contributed by atoms with Gasteiger partial charge in [0.05, 0.1) is 25.9 Å². The summed E-state index contributed by atoms with van der Waals surface area (Å²) in [5, 5.41) is 4.32. The fourth-order valence-corrected chi connectivity index (χ4v) is 2.07. The van der Waals surface area contributed by atoms with Gasteiger partial charge >= 0.3 is 0 Å². The van der Waals surface area contributed by atoms with Crippen LogP contribution in [0.15, 0.2) is 41.1 Å². The normalized spacial score (nSPS) is 10.2. The van der Waals surface area contributed by atoms with Gasteiger partial charge in [-0.3, -0.25) is 4.98 Å². The number of rotatable bonds is 2. The van der Waals surface area contributed by atoms with E-state index in [9.17, 15) is 0 Å². The molecule has 0 bridgehead atoms. The summed E-state index contributed by atoms with van der Waals surface area (Å²) in [4.78, 5) is 3.98. The van der Waals surface area contributed by atoms with Crippen molar-refractivity contribution in [3.63, 3.8) is 0 Å². The molecule has 0 aliphatic rings. The molecule has 1 aromatic heterocycles. The van der Waals surface area contributed by atoms with Crippen molar-refractivity contribution in [3.8, 4) is 0 Å². The van der Waals surface area contributed by atoms with E-state index in [-0.39, 0.29) is 0 Å². The lowest BCUT2D eigenvalue weighted by Gasteiger charge is -2.11. The van der Waals surface area contributed by atoms with Gasteiger partial charge < -0.3 is 5.32 Å².